The number of likely N-dealkylation sites (N-methyl/N-ethyl adjacent to an activating group) is 1. The molecule has 32 heavy (non-hydrogen) atoms. The monoisotopic (exact) mass is 428 g/mol. The van der Waals surface area contributed by atoms with Gasteiger partial charge in [0.15, 0.2) is 0 Å². The number of carbonyl (C=O) groups is 3. The molecule has 6 heteroatoms. The smallest absolute Gasteiger partial charge is 0.266 e. The minimum atomic E-state index is -0.414. The van der Waals surface area contributed by atoms with Crippen LogP contribution >= 0.6 is 0 Å². The molecule has 0 bridgehead atoms. The van der Waals surface area contributed by atoms with Gasteiger partial charge in [-0.25, -0.2) is 4.90 Å². The van der Waals surface area contributed by atoms with Gasteiger partial charge < -0.3 is 9.64 Å². The zero-order valence-electron chi connectivity index (χ0n) is 18.3. The van der Waals surface area contributed by atoms with Crippen LogP contribution in [0.5, 0.6) is 5.75 Å². The third-order valence-corrected chi connectivity index (χ3v) is 5.52. The van der Waals surface area contributed by atoms with Crippen molar-refractivity contribution < 1.29 is 19.1 Å². The maximum absolute atomic E-state index is 13.1. The highest BCUT2D eigenvalue weighted by Crippen LogP contribution is 2.32. The van der Waals surface area contributed by atoms with Gasteiger partial charge in [0.05, 0.1) is 23.4 Å². The van der Waals surface area contributed by atoms with Crippen LogP contribution in [0.4, 0.5) is 5.69 Å². The predicted molar refractivity (Wildman–Crippen MR) is 122 cm³/mol. The second-order valence-electron chi connectivity index (χ2n) is 7.88. The lowest BCUT2D eigenvalue weighted by molar-refractivity contribution is 0.0773. The maximum atomic E-state index is 13.1. The van der Waals surface area contributed by atoms with E-state index in [1.54, 1.807) is 19.2 Å². The second kappa shape index (κ2) is 8.67. The van der Waals surface area contributed by atoms with Crippen LogP contribution in [0.2, 0.25) is 0 Å². The van der Waals surface area contributed by atoms with Crippen molar-refractivity contribution in [1.82, 2.24) is 4.90 Å². The Bertz CT molecular complexity index is 1200. The fourth-order valence-electron chi connectivity index (χ4n) is 3.69. The fourth-order valence-corrected chi connectivity index (χ4v) is 3.69. The Morgan fingerprint density at radius 3 is 2.38 bits per heavy atom. The molecule has 0 saturated carbocycles. The Hall–Kier alpha value is -3.93. The summed E-state index contributed by atoms with van der Waals surface area (Å²) in [6.07, 6.45) is 0. The predicted octanol–water partition coefficient (Wildman–Crippen LogP) is 4.26. The van der Waals surface area contributed by atoms with E-state index in [-0.39, 0.29) is 17.4 Å². The van der Waals surface area contributed by atoms with Crippen molar-refractivity contribution in [3.8, 4) is 5.75 Å². The second-order valence-corrected chi connectivity index (χ2v) is 7.88. The lowest BCUT2D eigenvalue weighted by atomic mass is 10.0. The molecule has 0 aliphatic carbocycles. The molecule has 0 saturated heterocycles. The van der Waals surface area contributed by atoms with Gasteiger partial charge in [0.1, 0.15) is 12.4 Å². The summed E-state index contributed by atoms with van der Waals surface area (Å²) in [6, 6.07) is 19.7. The van der Waals surface area contributed by atoms with Crippen LogP contribution in [0.25, 0.3) is 0 Å². The van der Waals surface area contributed by atoms with E-state index in [4.69, 9.17) is 4.74 Å². The number of imide groups is 1. The summed E-state index contributed by atoms with van der Waals surface area (Å²) >= 11 is 0. The molecule has 1 aliphatic rings. The molecular formula is C26H24N2O4. The lowest BCUT2D eigenvalue weighted by Gasteiger charge is -2.18. The minimum Gasteiger partial charge on any atom is -0.492 e. The lowest BCUT2D eigenvalue weighted by Crippen LogP contribution is -2.31. The summed E-state index contributed by atoms with van der Waals surface area (Å²) < 4.78 is 5.65. The van der Waals surface area contributed by atoms with Crippen LogP contribution in [-0.4, -0.2) is 42.8 Å². The van der Waals surface area contributed by atoms with Gasteiger partial charge in [-0.15, -0.1) is 0 Å². The summed E-state index contributed by atoms with van der Waals surface area (Å²) in [4.78, 5) is 41.7. The SMILES string of the molecule is Cc1ccc(C)c(N2C(=O)c3ccc(C(=O)N(C)CCOc4ccccc4)cc3C2=O)c1. The number of benzene rings is 3. The Balaban J connectivity index is 1.50. The van der Waals surface area contributed by atoms with Crippen LogP contribution in [-0.2, 0) is 0 Å². The zero-order valence-corrected chi connectivity index (χ0v) is 18.3. The Morgan fingerprint density at radius 1 is 0.906 bits per heavy atom. The van der Waals surface area contributed by atoms with Gasteiger partial charge in [-0.3, -0.25) is 14.4 Å². The first kappa shape index (κ1) is 21.3. The van der Waals surface area contributed by atoms with Crippen LogP contribution in [0.15, 0.2) is 66.7 Å². The van der Waals surface area contributed by atoms with E-state index >= 15 is 0 Å². The maximum Gasteiger partial charge on any atom is 0.266 e. The first-order valence-electron chi connectivity index (χ1n) is 10.4. The van der Waals surface area contributed by atoms with Crippen LogP contribution in [0, 0.1) is 13.8 Å². The molecule has 162 valence electrons. The molecule has 0 N–H and O–H groups in total. The average molecular weight is 428 g/mol. The van der Waals surface area contributed by atoms with Crippen molar-refractivity contribution in [3.63, 3.8) is 0 Å². The molecule has 3 amide bonds. The van der Waals surface area contributed by atoms with Gasteiger partial charge in [0.2, 0.25) is 0 Å². The van der Waals surface area contributed by atoms with Crippen LogP contribution < -0.4 is 9.64 Å². The molecule has 3 aromatic rings. The van der Waals surface area contributed by atoms with E-state index in [1.165, 1.54) is 15.9 Å². The summed E-state index contributed by atoms with van der Waals surface area (Å²) in [5, 5.41) is 0. The number of nitrogens with zero attached hydrogens (tertiary/aromatic N) is 2. The molecule has 0 atom stereocenters. The van der Waals surface area contributed by atoms with Gasteiger partial charge in [-0.1, -0.05) is 30.3 Å². The van der Waals surface area contributed by atoms with E-state index in [9.17, 15) is 14.4 Å². The normalized spacial score (nSPS) is 12.7. The number of rotatable bonds is 6. The summed E-state index contributed by atoms with van der Waals surface area (Å²) in [5.41, 5.74) is 3.27. The molecule has 0 spiro atoms. The highest BCUT2D eigenvalue weighted by Gasteiger charge is 2.38. The number of fused-ring (bicyclic) bond motifs is 1. The Morgan fingerprint density at radius 2 is 1.62 bits per heavy atom. The molecule has 0 aromatic heterocycles. The molecule has 3 aromatic carbocycles. The molecule has 4 rings (SSSR count). The van der Waals surface area contributed by atoms with Crippen LogP contribution in [0.1, 0.15) is 42.2 Å². The topological polar surface area (TPSA) is 66.9 Å². The first-order valence-corrected chi connectivity index (χ1v) is 10.4. The number of aryl methyl sites for hydroxylation is 2. The minimum absolute atomic E-state index is 0.241. The number of para-hydroxylation sites is 1. The van der Waals surface area contributed by atoms with E-state index in [1.807, 2.05) is 62.4 Å². The van der Waals surface area contributed by atoms with E-state index < -0.39 is 5.91 Å². The van der Waals surface area contributed by atoms with E-state index in [0.717, 1.165) is 16.9 Å². The highest BCUT2D eigenvalue weighted by atomic mass is 16.5. The van der Waals surface area contributed by atoms with E-state index in [0.29, 0.717) is 30.0 Å². The number of hydrogen-bond donors (Lipinski definition) is 0. The molecule has 0 fully saturated rings. The third kappa shape index (κ3) is 3.99. The van der Waals surface area contributed by atoms with Crippen molar-refractivity contribution in [3.05, 3.63) is 94.5 Å². The number of carbonyl (C=O) groups excluding carboxylic acids is 3. The molecule has 1 aliphatic heterocycles. The quantitative estimate of drug-likeness (QED) is 0.551. The number of anilines is 1. The van der Waals surface area contributed by atoms with Gasteiger partial charge in [0, 0.05) is 12.6 Å². The Kier molecular flexibility index (Phi) is 5.77. The van der Waals surface area contributed by atoms with Crippen molar-refractivity contribution in [2.45, 2.75) is 13.8 Å². The zero-order chi connectivity index (χ0) is 22.8. The first-order chi connectivity index (χ1) is 15.4. The number of ether oxygens (including phenoxy) is 1. The van der Waals surface area contributed by atoms with E-state index in [2.05, 4.69) is 0 Å². The summed E-state index contributed by atoms with van der Waals surface area (Å²) in [6.45, 7) is 4.50. The molecule has 6 nitrogen and oxygen atoms in total. The van der Waals surface area contributed by atoms with Crippen molar-refractivity contribution >= 4 is 23.4 Å². The van der Waals surface area contributed by atoms with Gasteiger partial charge in [-0.2, -0.15) is 0 Å². The number of hydrogen-bond acceptors (Lipinski definition) is 4. The van der Waals surface area contributed by atoms with Crippen LogP contribution in [0.3, 0.4) is 0 Å². The summed E-state index contributed by atoms with van der Waals surface area (Å²) in [7, 11) is 1.68. The largest absolute Gasteiger partial charge is 0.492 e. The molecule has 0 unspecified atom stereocenters. The third-order valence-electron chi connectivity index (χ3n) is 5.52. The van der Waals surface area contributed by atoms with Gasteiger partial charge >= 0.3 is 0 Å². The highest BCUT2D eigenvalue weighted by molar-refractivity contribution is 6.35. The van der Waals surface area contributed by atoms with Crippen molar-refractivity contribution in [1.29, 1.82) is 0 Å². The van der Waals surface area contributed by atoms with Crippen molar-refractivity contribution in [2.75, 3.05) is 25.1 Å². The molecule has 1 heterocycles. The number of amides is 3. The molecule has 0 radical (unpaired) electrons. The summed E-state index contributed by atoms with van der Waals surface area (Å²) in [5.74, 6) is -0.290. The average Bonchev–Trinajstić information content (AvgIpc) is 3.05. The molecular weight excluding hydrogens is 404 g/mol. The standard InChI is InChI=1S/C26H24N2O4/c1-17-9-10-18(2)23(15-17)28-25(30)21-12-11-19(16-22(21)26(28)31)24(29)27(3)13-14-32-20-7-5-4-6-8-20/h4-12,15-16H,13-14H2,1-3H3. The fraction of sp³-hybridized carbons (Fsp3) is 0.192. The van der Waals surface area contributed by atoms with Gasteiger partial charge in [-0.05, 0) is 61.4 Å². The Labute approximate surface area is 187 Å². The van der Waals surface area contributed by atoms with Crippen molar-refractivity contribution in [2.24, 2.45) is 0 Å². The van der Waals surface area contributed by atoms with Gasteiger partial charge in [0.25, 0.3) is 17.7 Å².